The fraction of sp³-hybridized carbons (Fsp3) is 0.250. The first-order chi connectivity index (χ1) is 11.5. The van der Waals surface area contributed by atoms with Gasteiger partial charge >= 0.3 is 0 Å². The van der Waals surface area contributed by atoms with Crippen LogP contribution in [0.3, 0.4) is 0 Å². The Bertz CT molecular complexity index is 774. The zero-order valence-corrected chi connectivity index (χ0v) is 14.3. The summed E-state index contributed by atoms with van der Waals surface area (Å²) in [6, 6.07) is 12.1. The van der Waals surface area contributed by atoms with Crippen molar-refractivity contribution in [1.82, 2.24) is 15.6 Å². The highest BCUT2D eigenvalue weighted by Gasteiger charge is 2.06. The number of hydrogen-bond acceptors (Lipinski definition) is 4. The molecule has 1 aromatic carbocycles. The van der Waals surface area contributed by atoms with E-state index in [0.717, 1.165) is 17.8 Å². The molecule has 2 rings (SSSR count). The molecule has 1 heterocycles. The highest BCUT2D eigenvalue weighted by molar-refractivity contribution is 7.89. The van der Waals surface area contributed by atoms with Crippen molar-refractivity contribution in [3.8, 4) is 0 Å². The molecule has 24 heavy (non-hydrogen) atoms. The molecule has 0 saturated heterocycles. The lowest BCUT2D eigenvalue weighted by molar-refractivity contribution is 0.598. The van der Waals surface area contributed by atoms with Gasteiger partial charge in [0.2, 0.25) is 10.0 Å². The number of rotatable bonds is 6. The predicted molar refractivity (Wildman–Crippen MR) is 93.7 cm³/mol. The SMILES string of the molecule is CCNC(=NCc1ccc(S(N)(=O)=O)cc1)NCc1ccccn1. The second-order valence-corrected chi connectivity index (χ2v) is 6.62. The summed E-state index contributed by atoms with van der Waals surface area (Å²) in [5, 5.41) is 11.4. The van der Waals surface area contributed by atoms with E-state index in [9.17, 15) is 8.42 Å². The second-order valence-electron chi connectivity index (χ2n) is 5.06. The third kappa shape index (κ3) is 5.64. The minimum atomic E-state index is -3.67. The van der Waals surface area contributed by atoms with E-state index in [4.69, 9.17) is 5.14 Å². The Balaban J connectivity index is 2.00. The van der Waals surface area contributed by atoms with Gasteiger partial charge in [0.15, 0.2) is 5.96 Å². The number of nitrogens with two attached hydrogens (primary N) is 1. The highest BCUT2D eigenvalue weighted by atomic mass is 32.2. The van der Waals surface area contributed by atoms with Crippen molar-refractivity contribution in [2.24, 2.45) is 10.1 Å². The fourth-order valence-electron chi connectivity index (χ4n) is 1.97. The van der Waals surface area contributed by atoms with Crippen LogP contribution in [0.2, 0.25) is 0 Å². The van der Waals surface area contributed by atoms with Gasteiger partial charge in [-0.3, -0.25) is 4.98 Å². The molecule has 128 valence electrons. The van der Waals surface area contributed by atoms with Crippen LogP contribution in [0.5, 0.6) is 0 Å². The van der Waals surface area contributed by atoms with Gasteiger partial charge in [-0.05, 0) is 36.8 Å². The largest absolute Gasteiger partial charge is 0.357 e. The Labute approximate surface area is 142 Å². The standard InChI is InChI=1S/C16H21N5O2S/c1-2-18-16(21-12-14-5-3-4-10-19-14)20-11-13-6-8-15(9-7-13)24(17,22)23/h3-10H,2,11-12H2,1H3,(H2,17,22,23)(H2,18,20,21). The van der Waals surface area contributed by atoms with E-state index >= 15 is 0 Å². The number of nitrogens with one attached hydrogen (secondary N) is 2. The van der Waals surface area contributed by atoms with Crippen LogP contribution in [0.4, 0.5) is 0 Å². The lowest BCUT2D eigenvalue weighted by Gasteiger charge is -2.11. The molecule has 0 aliphatic heterocycles. The molecule has 8 heteroatoms. The molecule has 0 saturated carbocycles. The number of nitrogens with zero attached hydrogens (tertiary/aromatic N) is 2. The second kappa shape index (κ2) is 8.42. The summed E-state index contributed by atoms with van der Waals surface area (Å²) in [7, 11) is -3.67. The van der Waals surface area contributed by atoms with Gasteiger partial charge in [0, 0.05) is 12.7 Å². The monoisotopic (exact) mass is 347 g/mol. The van der Waals surface area contributed by atoms with Crippen molar-refractivity contribution in [3.05, 3.63) is 59.9 Å². The molecule has 0 aliphatic rings. The van der Waals surface area contributed by atoms with Crippen molar-refractivity contribution in [3.63, 3.8) is 0 Å². The van der Waals surface area contributed by atoms with Gasteiger partial charge in [-0.2, -0.15) is 0 Å². The zero-order valence-electron chi connectivity index (χ0n) is 13.4. The van der Waals surface area contributed by atoms with Gasteiger partial charge in [-0.15, -0.1) is 0 Å². The Hall–Kier alpha value is -2.45. The van der Waals surface area contributed by atoms with E-state index in [0.29, 0.717) is 19.0 Å². The quantitative estimate of drug-likeness (QED) is 0.533. The number of primary sulfonamides is 1. The van der Waals surface area contributed by atoms with E-state index < -0.39 is 10.0 Å². The highest BCUT2D eigenvalue weighted by Crippen LogP contribution is 2.09. The van der Waals surface area contributed by atoms with Gasteiger partial charge in [0.1, 0.15) is 0 Å². The third-order valence-corrected chi connectivity index (χ3v) is 4.11. The lowest BCUT2D eigenvalue weighted by atomic mass is 10.2. The van der Waals surface area contributed by atoms with Crippen LogP contribution in [-0.4, -0.2) is 25.9 Å². The van der Waals surface area contributed by atoms with Crippen LogP contribution >= 0.6 is 0 Å². The van der Waals surface area contributed by atoms with Crippen LogP contribution in [0.25, 0.3) is 0 Å². The third-order valence-electron chi connectivity index (χ3n) is 3.18. The van der Waals surface area contributed by atoms with E-state index in [1.54, 1.807) is 18.3 Å². The van der Waals surface area contributed by atoms with E-state index in [1.165, 1.54) is 12.1 Å². The maximum atomic E-state index is 11.2. The lowest BCUT2D eigenvalue weighted by Crippen LogP contribution is -2.37. The topological polar surface area (TPSA) is 109 Å². The van der Waals surface area contributed by atoms with Crippen molar-refractivity contribution >= 4 is 16.0 Å². The van der Waals surface area contributed by atoms with Crippen LogP contribution in [0.15, 0.2) is 58.5 Å². The number of hydrogen-bond donors (Lipinski definition) is 3. The summed E-state index contributed by atoms with van der Waals surface area (Å²) in [4.78, 5) is 8.82. The molecule has 0 fully saturated rings. The average Bonchev–Trinajstić information content (AvgIpc) is 2.58. The van der Waals surface area contributed by atoms with Crippen LogP contribution in [0, 0.1) is 0 Å². The Morgan fingerprint density at radius 3 is 2.50 bits per heavy atom. The zero-order chi connectivity index (χ0) is 17.4. The number of sulfonamides is 1. The van der Waals surface area contributed by atoms with Crippen molar-refractivity contribution in [1.29, 1.82) is 0 Å². The minimum Gasteiger partial charge on any atom is -0.357 e. The summed E-state index contributed by atoms with van der Waals surface area (Å²) in [6.45, 7) is 3.71. The Morgan fingerprint density at radius 1 is 1.17 bits per heavy atom. The first-order valence-electron chi connectivity index (χ1n) is 7.53. The molecule has 0 bridgehead atoms. The molecule has 7 nitrogen and oxygen atoms in total. The van der Waals surface area contributed by atoms with Crippen molar-refractivity contribution in [2.75, 3.05) is 6.54 Å². The first-order valence-corrected chi connectivity index (χ1v) is 9.07. The molecule has 0 aliphatic carbocycles. The molecule has 2 aromatic rings. The van der Waals surface area contributed by atoms with Crippen molar-refractivity contribution in [2.45, 2.75) is 24.9 Å². The number of benzene rings is 1. The molecular formula is C16H21N5O2S. The number of pyridine rings is 1. The number of aromatic nitrogens is 1. The summed E-state index contributed by atoms with van der Waals surface area (Å²) in [6.07, 6.45) is 1.74. The smallest absolute Gasteiger partial charge is 0.238 e. The molecule has 0 amide bonds. The van der Waals surface area contributed by atoms with E-state index in [2.05, 4.69) is 20.6 Å². The molecule has 0 spiro atoms. The summed E-state index contributed by atoms with van der Waals surface area (Å²) in [5.74, 6) is 0.665. The number of guanidine groups is 1. The molecule has 1 aromatic heterocycles. The predicted octanol–water partition coefficient (Wildman–Crippen LogP) is 0.984. The molecule has 0 unspecified atom stereocenters. The maximum absolute atomic E-state index is 11.2. The van der Waals surface area contributed by atoms with E-state index in [-0.39, 0.29) is 4.90 Å². The molecular weight excluding hydrogens is 326 g/mol. The van der Waals surface area contributed by atoms with Crippen LogP contribution < -0.4 is 15.8 Å². The Morgan fingerprint density at radius 2 is 1.92 bits per heavy atom. The summed E-state index contributed by atoms with van der Waals surface area (Å²) in [5.41, 5.74) is 1.80. The minimum absolute atomic E-state index is 0.0930. The van der Waals surface area contributed by atoms with Crippen LogP contribution in [-0.2, 0) is 23.1 Å². The Kier molecular flexibility index (Phi) is 6.28. The summed E-state index contributed by atoms with van der Waals surface area (Å²) >= 11 is 0. The van der Waals surface area contributed by atoms with Gasteiger partial charge in [0.25, 0.3) is 0 Å². The first kappa shape index (κ1) is 17.9. The van der Waals surface area contributed by atoms with Crippen molar-refractivity contribution < 1.29 is 8.42 Å². The molecule has 0 radical (unpaired) electrons. The fourth-order valence-corrected chi connectivity index (χ4v) is 2.49. The van der Waals surface area contributed by atoms with Gasteiger partial charge < -0.3 is 10.6 Å². The molecule has 4 N–H and O–H groups in total. The van der Waals surface area contributed by atoms with Gasteiger partial charge in [-0.25, -0.2) is 18.5 Å². The van der Waals surface area contributed by atoms with Crippen LogP contribution in [0.1, 0.15) is 18.2 Å². The number of aliphatic imine (C=N–C) groups is 1. The maximum Gasteiger partial charge on any atom is 0.238 e. The average molecular weight is 347 g/mol. The normalized spacial score (nSPS) is 12.0. The summed E-state index contributed by atoms with van der Waals surface area (Å²) < 4.78 is 22.5. The molecule has 0 atom stereocenters. The van der Waals surface area contributed by atoms with Gasteiger partial charge in [-0.1, -0.05) is 18.2 Å². The van der Waals surface area contributed by atoms with Gasteiger partial charge in [0.05, 0.1) is 23.7 Å². The van der Waals surface area contributed by atoms with E-state index in [1.807, 2.05) is 25.1 Å².